The third-order valence-electron chi connectivity index (χ3n) is 4.83. The van der Waals surface area contributed by atoms with Crippen molar-refractivity contribution < 1.29 is 27.1 Å². The molecule has 0 atom stereocenters. The van der Waals surface area contributed by atoms with E-state index in [9.17, 15) is 22.4 Å². The van der Waals surface area contributed by atoms with Crippen molar-refractivity contribution in [2.24, 2.45) is 0 Å². The van der Waals surface area contributed by atoms with Gasteiger partial charge in [-0.25, -0.2) is 9.07 Å². The second kappa shape index (κ2) is 9.57. The van der Waals surface area contributed by atoms with Gasteiger partial charge in [0.05, 0.1) is 17.4 Å². The van der Waals surface area contributed by atoms with E-state index in [1.165, 1.54) is 16.8 Å². The van der Waals surface area contributed by atoms with Crippen LogP contribution in [0.2, 0.25) is 0 Å². The molecule has 4 rings (SSSR count). The zero-order valence-electron chi connectivity index (χ0n) is 18.7. The summed E-state index contributed by atoms with van der Waals surface area (Å²) in [6.07, 6.45) is -4.68. The molecule has 0 saturated carbocycles. The Morgan fingerprint density at radius 3 is 2.37 bits per heavy atom. The average molecular weight is 484 g/mol. The van der Waals surface area contributed by atoms with Crippen molar-refractivity contribution in [1.29, 1.82) is 0 Å². The molecule has 0 unspecified atom stereocenters. The van der Waals surface area contributed by atoms with Crippen molar-refractivity contribution in [3.63, 3.8) is 0 Å². The molecule has 0 aliphatic carbocycles. The van der Waals surface area contributed by atoms with Gasteiger partial charge < -0.3 is 10.1 Å². The molecule has 1 amide bonds. The average Bonchev–Trinajstić information content (AvgIpc) is 3.22. The van der Waals surface area contributed by atoms with Gasteiger partial charge in [-0.15, -0.1) is 5.10 Å². The molecule has 0 bridgehead atoms. The molecule has 3 aromatic carbocycles. The van der Waals surface area contributed by atoms with Crippen molar-refractivity contribution in [1.82, 2.24) is 14.8 Å². The SMILES string of the molecule is CC(C)Oc1nc(-c2cccc(F)c2)n(-c2cccc(NC(=O)c3ccc(C(F)(F)F)cc3)c2)n1. The molecule has 0 radical (unpaired) electrons. The lowest BCUT2D eigenvalue weighted by Crippen LogP contribution is -2.13. The number of nitrogens with zero attached hydrogens (tertiary/aromatic N) is 3. The van der Waals surface area contributed by atoms with E-state index in [4.69, 9.17) is 4.74 Å². The number of nitrogens with one attached hydrogen (secondary N) is 1. The van der Waals surface area contributed by atoms with Gasteiger partial charge in [0.1, 0.15) is 5.82 Å². The number of alkyl halides is 3. The Labute approximate surface area is 198 Å². The quantitative estimate of drug-likeness (QED) is 0.334. The Bertz CT molecular complexity index is 1350. The molecule has 10 heteroatoms. The second-order valence-corrected chi connectivity index (χ2v) is 7.89. The van der Waals surface area contributed by atoms with Crippen LogP contribution < -0.4 is 10.1 Å². The summed E-state index contributed by atoms with van der Waals surface area (Å²) in [5.74, 6) is -0.698. The number of carbonyl (C=O) groups excluding carboxylic acids is 1. The third kappa shape index (κ3) is 5.65. The van der Waals surface area contributed by atoms with E-state index in [1.54, 1.807) is 36.4 Å². The summed E-state index contributed by atoms with van der Waals surface area (Å²) in [5.41, 5.74) is 0.569. The molecule has 1 N–H and O–H groups in total. The van der Waals surface area contributed by atoms with E-state index in [2.05, 4.69) is 15.4 Å². The fourth-order valence-corrected chi connectivity index (χ4v) is 3.28. The predicted octanol–water partition coefficient (Wildman–Crippen LogP) is 6.13. The van der Waals surface area contributed by atoms with Crippen LogP contribution in [0.1, 0.15) is 29.8 Å². The summed E-state index contributed by atoms with van der Waals surface area (Å²) in [6, 6.07) is 16.5. The van der Waals surface area contributed by atoms with E-state index in [0.717, 1.165) is 24.3 Å². The number of hydrogen-bond acceptors (Lipinski definition) is 4. The Hall–Kier alpha value is -4.21. The van der Waals surface area contributed by atoms with Crippen LogP contribution in [0.15, 0.2) is 72.8 Å². The summed E-state index contributed by atoms with van der Waals surface area (Å²) in [6.45, 7) is 3.64. The standard InChI is InChI=1S/C25H20F4N4O2/c1-15(2)35-24-31-22(17-5-3-6-19(26)13-17)33(32-24)21-8-4-7-20(14-21)30-23(34)16-9-11-18(12-10-16)25(27,28)29/h3-15H,1-2H3,(H,30,34). The number of ether oxygens (including phenoxy) is 1. The lowest BCUT2D eigenvalue weighted by atomic mass is 10.1. The summed E-state index contributed by atoms with van der Waals surface area (Å²) in [5, 5.41) is 7.04. The van der Waals surface area contributed by atoms with Crippen LogP contribution in [0.3, 0.4) is 0 Å². The molecule has 1 aromatic heterocycles. The maximum absolute atomic E-state index is 13.9. The summed E-state index contributed by atoms with van der Waals surface area (Å²) in [4.78, 5) is 17.0. The van der Waals surface area contributed by atoms with Crippen molar-refractivity contribution in [2.75, 3.05) is 5.32 Å². The van der Waals surface area contributed by atoms with Gasteiger partial charge in [0.15, 0.2) is 5.82 Å². The number of aromatic nitrogens is 3. The van der Waals surface area contributed by atoms with Crippen LogP contribution >= 0.6 is 0 Å². The highest BCUT2D eigenvalue weighted by Gasteiger charge is 2.30. The number of anilines is 1. The summed E-state index contributed by atoms with van der Waals surface area (Å²) < 4.78 is 59.3. The second-order valence-electron chi connectivity index (χ2n) is 7.89. The van der Waals surface area contributed by atoms with Crippen molar-refractivity contribution >= 4 is 11.6 Å². The van der Waals surface area contributed by atoms with Crippen LogP contribution in [-0.2, 0) is 6.18 Å². The minimum atomic E-state index is -4.49. The number of rotatable bonds is 6. The van der Waals surface area contributed by atoms with E-state index in [1.807, 2.05) is 13.8 Å². The molecular weight excluding hydrogens is 464 g/mol. The maximum Gasteiger partial charge on any atom is 0.416 e. The van der Waals surface area contributed by atoms with Crippen LogP contribution in [0.4, 0.5) is 23.2 Å². The van der Waals surface area contributed by atoms with Crippen LogP contribution in [0.5, 0.6) is 6.01 Å². The van der Waals surface area contributed by atoms with Crippen molar-refractivity contribution in [2.45, 2.75) is 26.1 Å². The maximum atomic E-state index is 13.9. The molecule has 4 aromatic rings. The zero-order chi connectivity index (χ0) is 25.2. The number of benzene rings is 3. The molecule has 180 valence electrons. The normalized spacial score (nSPS) is 11.5. The Balaban J connectivity index is 1.64. The minimum Gasteiger partial charge on any atom is -0.460 e. The first-order valence-electron chi connectivity index (χ1n) is 10.6. The number of halogens is 4. The Kier molecular flexibility index (Phi) is 6.54. The van der Waals surface area contributed by atoms with Gasteiger partial charge in [0, 0.05) is 16.8 Å². The van der Waals surface area contributed by atoms with Crippen molar-refractivity contribution in [3.05, 3.63) is 89.7 Å². The summed E-state index contributed by atoms with van der Waals surface area (Å²) >= 11 is 0. The lowest BCUT2D eigenvalue weighted by Gasteiger charge is -2.10. The first kappa shape index (κ1) is 23.9. The van der Waals surface area contributed by atoms with Gasteiger partial charge in [0.2, 0.25) is 0 Å². The van der Waals surface area contributed by atoms with Gasteiger partial charge in [-0.1, -0.05) is 18.2 Å². The van der Waals surface area contributed by atoms with Gasteiger partial charge in [-0.05, 0) is 68.4 Å². The third-order valence-corrected chi connectivity index (χ3v) is 4.83. The fourth-order valence-electron chi connectivity index (χ4n) is 3.28. The number of amides is 1. The Morgan fingerprint density at radius 1 is 1.00 bits per heavy atom. The number of hydrogen-bond donors (Lipinski definition) is 1. The fraction of sp³-hybridized carbons (Fsp3) is 0.160. The highest BCUT2D eigenvalue weighted by Crippen LogP contribution is 2.29. The molecule has 35 heavy (non-hydrogen) atoms. The predicted molar refractivity (Wildman–Crippen MR) is 122 cm³/mol. The first-order chi connectivity index (χ1) is 16.6. The molecule has 0 saturated heterocycles. The largest absolute Gasteiger partial charge is 0.460 e. The lowest BCUT2D eigenvalue weighted by molar-refractivity contribution is -0.137. The van der Waals surface area contributed by atoms with E-state index < -0.39 is 23.5 Å². The smallest absolute Gasteiger partial charge is 0.416 e. The monoisotopic (exact) mass is 484 g/mol. The van der Waals surface area contributed by atoms with Crippen LogP contribution in [0.25, 0.3) is 17.1 Å². The highest BCUT2D eigenvalue weighted by atomic mass is 19.4. The summed E-state index contributed by atoms with van der Waals surface area (Å²) in [7, 11) is 0. The molecule has 0 spiro atoms. The first-order valence-corrected chi connectivity index (χ1v) is 10.6. The molecule has 0 aliphatic rings. The van der Waals surface area contributed by atoms with E-state index in [0.29, 0.717) is 22.8 Å². The van der Waals surface area contributed by atoms with E-state index >= 15 is 0 Å². The van der Waals surface area contributed by atoms with Crippen LogP contribution in [-0.4, -0.2) is 26.8 Å². The topological polar surface area (TPSA) is 69.0 Å². The van der Waals surface area contributed by atoms with Crippen molar-refractivity contribution in [3.8, 4) is 23.1 Å². The van der Waals surface area contributed by atoms with Gasteiger partial charge in [-0.2, -0.15) is 18.2 Å². The van der Waals surface area contributed by atoms with E-state index in [-0.39, 0.29) is 17.7 Å². The molecular formula is C25H20F4N4O2. The van der Waals surface area contributed by atoms with Gasteiger partial charge >= 0.3 is 12.2 Å². The molecule has 0 fully saturated rings. The minimum absolute atomic E-state index is 0.0669. The highest BCUT2D eigenvalue weighted by molar-refractivity contribution is 6.04. The Morgan fingerprint density at radius 2 is 1.71 bits per heavy atom. The zero-order valence-corrected chi connectivity index (χ0v) is 18.7. The molecule has 6 nitrogen and oxygen atoms in total. The molecule has 0 aliphatic heterocycles. The van der Waals surface area contributed by atoms with Gasteiger partial charge in [0.25, 0.3) is 5.91 Å². The molecule has 1 heterocycles. The van der Waals surface area contributed by atoms with Crippen LogP contribution in [0, 0.1) is 5.82 Å². The van der Waals surface area contributed by atoms with Gasteiger partial charge in [-0.3, -0.25) is 4.79 Å². The number of carbonyl (C=O) groups is 1.